The lowest BCUT2D eigenvalue weighted by Crippen LogP contribution is -2.36. The van der Waals surface area contributed by atoms with Gasteiger partial charge < -0.3 is 15.0 Å². The molecule has 3 nitrogen and oxygen atoms in total. The zero-order chi connectivity index (χ0) is 15.2. The van der Waals surface area contributed by atoms with E-state index in [0.717, 1.165) is 33.7 Å². The minimum atomic E-state index is 0.818. The third-order valence-corrected chi connectivity index (χ3v) is 5.36. The molecule has 1 aliphatic rings. The quantitative estimate of drug-likeness (QED) is 0.752. The molecule has 1 aromatic rings. The zero-order valence-electron chi connectivity index (χ0n) is 12.8. The molecule has 1 N–H and O–H groups in total. The molecule has 0 aliphatic carbocycles. The Balaban J connectivity index is 1.79. The lowest BCUT2D eigenvalue weighted by atomic mass is 9.97. The van der Waals surface area contributed by atoms with Gasteiger partial charge >= 0.3 is 0 Å². The lowest BCUT2D eigenvalue weighted by Gasteiger charge is -2.31. The first kappa shape index (κ1) is 17.3. The van der Waals surface area contributed by atoms with Crippen LogP contribution in [0, 0.1) is 5.92 Å². The molecule has 0 aromatic heterocycles. The van der Waals surface area contributed by atoms with Crippen LogP contribution in [0.2, 0.25) is 0 Å². The predicted octanol–water partition coefficient (Wildman–Crippen LogP) is 4.04. The molecule has 1 aliphatic heterocycles. The third kappa shape index (κ3) is 4.95. The van der Waals surface area contributed by atoms with E-state index in [1.54, 1.807) is 7.11 Å². The first-order chi connectivity index (χ1) is 10.1. The van der Waals surface area contributed by atoms with Crippen molar-refractivity contribution in [2.24, 2.45) is 5.92 Å². The van der Waals surface area contributed by atoms with Crippen molar-refractivity contribution < 1.29 is 4.74 Å². The molecule has 21 heavy (non-hydrogen) atoms. The SMILES string of the molecule is CCN1CCC(CNCc2cc(Br)c(OC)c(Br)c2)CC1. The van der Waals surface area contributed by atoms with Crippen molar-refractivity contribution in [2.75, 3.05) is 33.3 Å². The second-order valence-corrected chi connectivity index (χ2v) is 7.31. The van der Waals surface area contributed by atoms with Crippen LogP contribution in [-0.2, 0) is 6.54 Å². The molecule has 0 amide bonds. The molecular formula is C16H24Br2N2O. The molecule has 118 valence electrons. The average molecular weight is 420 g/mol. The molecule has 0 saturated carbocycles. The lowest BCUT2D eigenvalue weighted by molar-refractivity contribution is 0.190. The summed E-state index contributed by atoms with van der Waals surface area (Å²) >= 11 is 7.11. The molecule has 0 radical (unpaired) electrons. The Morgan fingerprint density at radius 2 is 1.86 bits per heavy atom. The van der Waals surface area contributed by atoms with E-state index in [0.29, 0.717) is 0 Å². The van der Waals surface area contributed by atoms with E-state index >= 15 is 0 Å². The van der Waals surface area contributed by atoms with E-state index in [9.17, 15) is 0 Å². The second kappa shape index (κ2) is 8.51. The maximum Gasteiger partial charge on any atom is 0.147 e. The van der Waals surface area contributed by atoms with Crippen molar-refractivity contribution >= 4 is 31.9 Å². The van der Waals surface area contributed by atoms with Crippen molar-refractivity contribution in [3.8, 4) is 5.75 Å². The fourth-order valence-corrected chi connectivity index (χ4v) is 4.44. The van der Waals surface area contributed by atoms with Gasteiger partial charge in [-0.15, -0.1) is 0 Å². The van der Waals surface area contributed by atoms with Gasteiger partial charge in [-0.05, 0) is 94.5 Å². The number of methoxy groups -OCH3 is 1. The van der Waals surface area contributed by atoms with Crippen LogP contribution in [0.15, 0.2) is 21.1 Å². The number of ether oxygens (including phenoxy) is 1. The monoisotopic (exact) mass is 418 g/mol. The highest BCUT2D eigenvalue weighted by atomic mass is 79.9. The van der Waals surface area contributed by atoms with Gasteiger partial charge in [0.05, 0.1) is 16.1 Å². The summed E-state index contributed by atoms with van der Waals surface area (Å²) in [4.78, 5) is 2.54. The van der Waals surface area contributed by atoms with Gasteiger partial charge in [0.25, 0.3) is 0 Å². The number of hydrogen-bond acceptors (Lipinski definition) is 3. The number of nitrogens with zero attached hydrogens (tertiary/aromatic N) is 1. The van der Waals surface area contributed by atoms with Gasteiger partial charge in [-0.3, -0.25) is 0 Å². The minimum Gasteiger partial charge on any atom is -0.494 e. The van der Waals surface area contributed by atoms with Crippen LogP contribution < -0.4 is 10.1 Å². The van der Waals surface area contributed by atoms with Gasteiger partial charge in [-0.2, -0.15) is 0 Å². The molecular weight excluding hydrogens is 396 g/mol. The molecule has 5 heteroatoms. The first-order valence-electron chi connectivity index (χ1n) is 7.59. The van der Waals surface area contributed by atoms with Crippen LogP contribution in [-0.4, -0.2) is 38.2 Å². The smallest absolute Gasteiger partial charge is 0.147 e. The second-order valence-electron chi connectivity index (χ2n) is 5.60. The Morgan fingerprint density at radius 3 is 2.38 bits per heavy atom. The Labute approximate surface area is 144 Å². The van der Waals surface area contributed by atoms with Gasteiger partial charge in [-0.1, -0.05) is 6.92 Å². The highest BCUT2D eigenvalue weighted by molar-refractivity contribution is 9.11. The van der Waals surface area contributed by atoms with Crippen LogP contribution in [0.25, 0.3) is 0 Å². The maximum absolute atomic E-state index is 5.33. The Hall–Kier alpha value is -0.100. The summed E-state index contributed by atoms with van der Waals surface area (Å²) in [6.07, 6.45) is 2.63. The van der Waals surface area contributed by atoms with Crippen LogP contribution in [0.3, 0.4) is 0 Å². The summed E-state index contributed by atoms with van der Waals surface area (Å²) in [5.41, 5.74) is 1.26. The maximum atomic E-state index is 5.33. The number of hydrogen-bond donors (Lipinski definition) is 1. The van der Waals surface area contributed by atoms with Gasteiger partial charge in [0.2, 0.25) is 0 Å². The Bertz CT molecular complexity index is 437. The topological polar surface area (TPSA) is 24.5 Å². The highest BCUT2D eigenvalue weighted by Crippen LogP contribution is 2.34. The van der Waals surface area contributed by atoms with E-state index < -0.39 is 0 Å². The number of benzene rings is 1. The van der Waals surface area contributed by atoms with Crippen molar-refractivity contribution in [1.82, 2.24) is 10.2 Å². The predicted molar refractivity (Wildman–Crippen MR) is 94.9 cm³/mol. The van der Waals surface area contributed by atoms with Gasteiger partial charge in [0.15, 0.2) is 0 Å². The Morgan fingerprint density at radius 1 is 1.24 bits per heavy atom. The summed E-state index contributed by atoms with van der Waals surface area (Å²) < 4.78 is 7.32. The van der Waals surface area contributed by atoms with E-state index in [2.05, 4.69) is 61.1 Å². The summed E-state index contributed by atoms with van der Waals surface area (Å²) in [6.45, 7) is 7.95. The third-order valence-electron chi connectivity index (χ3n) is 4.18. The van der Waals surface area contributed by atoms with E-state index in [1.165, 1.54) is 38.0 Å². The highest BCUT2D eigenvalue weighted by Gasteiger charge is 2.17. The molecule has 2 rings (SSSR count). The molecule has 1 heterocycles. The molecule has 1 fully saturated rings. The molecule has 0 bridgehead atoms. The van der Waals surface area contributed by atoms with E-state index in [-0.39, 0.29) is 0 Å². The molecule has 0 atom stereocenters. The van der Waals surface area contributed by atoms with Crippen LogP contribution in [0.4, 0.5) is 0 Å². The average Bonchev–Trinajstić information content (AvgIpc) is 2.48. The van der Waals surface area contributed by atoms with Crippen molar-refractivity contribution in [2.45, 2.75) is 26.3 Å². The molecule has 1 aromatic carbocycles. The zero-order valence-corrected chi connectivity index (χ0v) is 16.0. The van der Waals surface area contributed by atoms with Crippen LogP contribution in [0.1, 0.15) is 25.3 Å². The van der Waals surface area contributed by atoms with Crippen molar-refractivity contribution in [3.63, 3.8) is 0 Å². The van der Waals surface area contributed by atoms with Gasteiger partial charge in [-0.25, -0.2) is 0 Å². The van der Waals surface area contributed by atoms with Crippen LogP contribution in [0.5, 0.6) is 5.75 Å². The number of rotatable bonds is 6. The summed E-state index contributed by atoms with van der Waals surface area (Å²) in [5, 5.41) is 3.60. The number of likely N-dealkylation sites (tertiary alicyclic amines) is 1. The summed E-state index contributed by atoms with van der Waals surface area (Å²) in [6, 6.07) is 4.24. The Kier molecular flexibility index (Phi) is 6.99. The molecule has 1 saturated heterocycles. The van der Waals surface area contributed by atoms with E-state index in [1.807, 2.05) is 0 Å². The molecule has 0 unspecified atom stereocenters. The first-order valence-corrected chi connectivity index (χ1v) is 9.17. The van der Waals surface area contributed by atoms with Crippen LogP contribution >= 0.6 is 31.9 Å². The fraction of sp³-hybridized carbons (Fsp3) is 0.625. The summed E-state index contributed by atoms with van der Waals surface area (Å²) in [5.74, 6) is 1.67. The fourth-order valence-electron chi connectivity index (χ4n) is 2.84. The standard InChI is InChI=1S/C16H24Br2N2O/c1-3-20-6-4-12(5-7-20)10-19-11-13-8-14(17)16(21-2)15(18)9-13/h8-9,12,19H,3-7,10-11H2,1-2H3. The minimum absolute atomic E-state index is 0.818. The number of piperidine rings is 1. The molecule has 0 spiro atoms. The van der Waals surface area contributed by atoms with Gasteiger partial charge in [0, 0.05) is 6.54 Å². The number of halogens is 2. The normalized spacial score (nSPS) is 17.1. The number of nitrogens with one attached hydrogen (secondary N) is 1. The van der Waals surface area contributed by atoms with Crippen molar-refractivity contribution in [1.29, 1.82) is 0 Å². The van der Waals surface area contributed by atoms with E-state index in [4.69, 9.17) is 4.74 Å². The summed E-state index contributed by atoms with van der Waals surface area (Å²) in [7, 11) is 1.69. The van der Waals surface area contributed by atoms with Gasteiger partial charge in [0.1, 0.15) is 5.75 Å². The van der Waals surface area contributed by atoms with Crippen molar-refractivity contribution in [3.05, 3.63) is 26.6 Å². The largest absolute Gasteiger partial charge is 0.494 e.